The smallest absolute Gasteiger partial charge is 0.697 e. The maximum absolute atomic E-state index is 10.7. The third kappa shape index (κ3) is 4.24. The molecule has 0 spiro atoms. The van der Waals surface area contributed by atoms with Gasteiger partial charge < -0.3 is 22.9 Å². The molecule has 0 atom stereocenters. The molecule has 0 heterocycles. The standard InChI is InChI=1S/C6H8N3O3S.CH4N.Co/c7-3-1-5(9)6(2-4(3)8)13(10,11)12;1-2;/h1-2,7H,8-9H2,(H,10,11,12);2H,1H3;/q2*-1;+2. The van der Waals surface area contributed by atoms with Crippen LogP contribution in [0, 0.1) is 0 Å². The number of nitrogens with one attached hydrogen (secondary N) is 2. The normalized spacial score (nSPS) is 9.69. The van der Waals surface area contributed by atoms with Crippen molar-refractivity contribution in [3.63, 3.8) is 0 Å². The Morgan fingerprint density at radius 1 is 1.19 bits per heavy atom. The van der Waals surface area contributed by atoms with E-state index in [9.17, 15) is 8.42 Å². The van der Waals surface area contributed by atoms with Crippen LogP contribution in [0.4, 0.5) is 17.1 Å². The summed E-state index contributed by atoms with van der Waals surface area (Å²) in [7, 11) is -3.11. The van der Waals surface area contributed by atoms with Crippen LogP contribution in [-0.4, -0.2) is 20.0 Å². The Kier molecular flexibility index (Phi) is 7.12. The van der Waals surface area contributed by atoms with Gasteiger partial charge in [-0.3, -0.25) is 4.55 Å². The fraction of sp³-hybridized carbons (Fsp3) is 0.143. The van der Waals surface area contributed by atoms with E-state index in [1.807, 2.05) is 0 Å². The van der Waals surface area contributed by atoms with Crippen molar-refractivity contribution in [2.45, 2.75) is 4.90 Å². The summed E-state index contributed by atoms with van der Waals surface area (Å²) in [6, 6.07) is 2.02. The number of anilines is 2. The summed E-state index contributed by atoms with van der Waals surface area (Å²) in [5.41, 5.74) is 23.1. The molecule has 1 aromatic carbocycles. The van der Waals surface area contributed by atoms with Crippen molar-refractivity contribution in [3.8, 4) is 0 Å². The minimum Gasteiger partial charge on any atom is -0.697 e. The summed E-state index contributed by atoms with van der Waals surface area (Å²) in [6.45, 7) is 0. The second kappa shape index (κ2) is 6.55. The van der Waals surface area contributed by atoms with Crippen LogP contribution in [0.25, 0.3) is 11.5 Å². The van der Waals surface area contributed by atoms with E-state index in [1.54, 1.807) is 0 Å². The molecule has 16 heavy (non-hydrogen) atoms. The molecule has 7 nitrogen and oxygen atoms in total. The van der Waals surface area contributed by atoms with Crippen LogP contribution in [0.3, 0.4) is 0 Å². The summed E-state index contributed by atoms with van der Waals surface area (Å²) in [6.07, 6.45) is 0. The van der Waals surface area contributed by atoms with Gasteiger partial charge in [-0.25, -0.2) is 0 Å². The van der Waals surface area contributed by atoms with Gasteiger partial charge >= 0.3 is 16.8 Å². The molecule has 9 heteroatoms. The summed E-state index contributed by atoms with van der Waals surface area (Å²) in [5, 5.41) is 0. The van der Waals surface area contributed by atoms with Crippen LogP contribution in [0.2, 0.25) is 0 Å². The molecule has 93 valence electrons. The molecule has 0 saturated heterocycles. The van der Waals surface area contributed by atoms with Crippen molar-refractivity contribution < 1.29 is 29.7 Å². The summed E-state index contributed by atoms with van der Waals surface area (Å²) >= 11 is 0. The molecular formula is C7H12CoN4O3S. The van der Waals surface area contributed by atoms with Gasteiger partial charge in [-0.05, 0) is 6.07 Å². The minimum absolute atomic E-state index is 0. The molecule has 0 fully saturated rings. The predicted octanol–water partition coefficient (Wildman–Crippen LogP) is 1.45. The maximum Gasteiger partial charge on any atom is 2.00 e. The monoisotopic (exact) mass is 291 g/mol. The minimum atomic E-state index is -4.36. The number of rotatable bonds is 1. The van der Waals surface area contributed by atoms with Crippen LogP contribution in [0.15, 0.2) is 17.0 Å². The Labute approximate surface area is 104 Å². The molecule has 0 aromatic heterocycles. The third-order valence-corrected chi connectivity index (χ3v) is 2.37. The predicted molar refractivity (Wildman–Crippen MR) is 59.3 cm³/mol. The first-order valence-corrected chi connectivity index (χ1v) is 5.14. The van der Waals surface area contributed by atoms with Crippen LogP contribution in [0.5, 0.6) is 0 Å². The van der Waals surface area contributed by atoms with Crippen molar-refractivity contribution in [2.24, 2.45) is 0 Å². The largest absolute Gasteiger partial charge is 2.00 e. The van der Waals surface area contributed by atoms with Gasteiger partial charge in [-0.2, -0.15) is 15.5 Å². The Morgan fingerprint density at radius 2 is 1.62 bits per heavy atom. The van der Waals surface area contributed by atoms with Gasteiger partial charge in [-0.1, -0.05) is 6.07 Å². The van der Waals surface area contributed by atoms with E-state index >= 15 is 0 Å². The fourth-order valence-corrected chi connectivity index (χ4v) is 1.47. The molecule has 7 N–H and O–H groups in total. The average Bonchev–Trinajstić information content (AvgIpc) is 2.13. The van der Waals surface area contributed by atoms with Crippen LogP contribution in [0.1, 0.15) is 0 Å². The average molecular weight is 291 g/mol. The van der Waals surface area contributed by atoms with E-state index < -0.39 is 15.0 Å². The molecule has 1 radical (unpaired) electrons. The van der Waals surface area contributed by atoms with Gasteiger partial charge in [0.15, 0.2) is 0 Å². The van der Waals surface area contributed by atoms with Gasteiger partial charge in [0.25, 0.3) is 10.1 Å². The van der Waals surface area contributed by atoms with E-state index in [0.29, 0.717) is 0 Å². The second-order valence-electron chi connectivity index (χ2n) is 2.45. The molecule has 1 rings (SSSR count). The first kappa shape index (κ1) is 17.4. The molecule has 0 aliphatic carbocycles. The SMILES string of the molecule is C[NH-].[Co+2].[NH-]c1cc(N)c(S(=O)(=O)O)cc1N. The molecule has 0 bridgehead atoms. The molecule has 0 amide bonds. The third-order valence-electron chi connectivity index (χ3n) is 1.46. The topological polar surface area (TPSA) is 154 Å². The van der Waals surface area contributed by atoms with Gasteiger partial charge in [0, 0.05) is 5.69 Å². The molecule has 0 unspecified atom stereocenters. The fourth-order valence-electron chi connectivity index (χ4n) is 0.836. The summed E-state index contributed by atoms with van der Waals surface area (Å²) in [5.74, 6) is 0. The first-order chi connectivity index (χ1) is 6.82. The number of nitrogen functional groups attached to an aromatic ring is 2. The van der Waals surface area contributed by atoms with E-state index in [1.165, 1.54) is 7.05 Å². The summed E-state index contributed by atoms with van der Waals surface area (Å²) in [4.78, 5) is -0.471. The number of nitrogens with two attached hydrogens (primary N) is 2. The number of benzene rings is 1. The molecule has 0 aliphatic heterocycles. The zero-order valence-corrected chi connectivity index (χ0v) is 10.2. The van der Waals surface area contributed by atoms with E-state index in [4.69, 9.17) is 27.5 Å². The molecular weight excluding hydrogens is 279 g/mol. The Bertz CT molecular complexity index is 449. The van der Waals surface area contributed by atoms with Gasteiger partial charge in [0.1, 0.15) is 4.90 Å². The van der Waals surface area contributed by atoms with E-state index in [-0.39, 0.29) is 33.8 Å². The van der Waals surface area contributed by atoms with E-state index in [0.717, 1.165) is 12.1 Å². The van der Waals surface area contributed by atoms with Crippen molar-refractivity contribution in [1.29, 1.82) is 0 Å². The maximum atomic E-state index is 10.7. The Balaban J connectivity index is 0. The second-order valence-corrected chi connectivity index (χ2v) is 3.84. The number of hydrogen-bond acceptors (Lipinski definition) is 4. The van der Waals surface area contributed by atoms with Crippen molar-refractivity contribution >= 4 is 27.2 Å². The quantitative estimate of drug-likeness (QED) is 0.527. The first-order valence-electron chi connectivity index (χ1n) is 3.70. The number of hydrogen-bond donors (Lipinski definition) is 3. The van der Waals surface area contributed by atoms with Crippen molar-refractivity contribution in [3.05, 3.63) is 23.6 Å². The van der Waals surface area contributed by atoms with Gasteiger partial charge in [0.05, 0.1) is 5.69 Å². The molecule has 1 aromatic rings. The molecule has 0 saturated carbocycles. The van der Waals surface area contributed by atoms with Crippen molar-refractivity contribution in [2.75, 3.05) is 18.5 Å². The zero-order valence-electron chi connectivity index (χ0n) is 8.31. The Morgan fingerprint density at radius 3 is 2.00 bits per heavy atom. The van der Waals surface area contributed by atoms with Crippen molar-refractivity contribution in [1.82, 2.24) is 0 Å². The zero-order chi connectivity index (χ0) is 12.2. The summed E-state index contributed by atoms with van der Waals surface area (Å²) < 4.78 is 30.0. The van der Waals surface area contributed by atoms with Gasteiger partial charge in [0.2, 0.25) is 0 Å². The Hall–Kier alpha value is -1.00. The van der Waals surface area contributed by atoms with Crippen LogP contribution in [-0.2, 0) is 26.9 Å². The van der Waals surface area contributed by atoms with Crippen LogP contribution >= 0.6 is 0 Å². The van der Waals surface area contributed by atoms with E-state index in [2.05, 4.69) is 0 Å². The molecule has 0 aliphatic rings. The van der Waals surface area contributed by atoms with Gasteiger partial charge in [-0.15, -0.1) is 5.69 Å². The van der Waals surface area contributed by atoms with Crippen LogP contribution < -0.4 is 11.5 Å².